The molecule has 1 fully saturated rings. The maximum absolute atomic E-state index is 15.0. The molecule has 9 heteroatoms. The van der Waals surface area contributed by atoms with E-state index in [-0.39, 0.29) is 22.0 Å². The number of oxime groups is 1. The summed E-state index contributed by atoms with van der Waals surface area (Å²) in [4.78, 5) is 16.8. The number of anilines is 2. The number of halogens is 1. The average Bonchev–Trinajstić information content (AvgIpc) is 2.95. The second-order valence-electron chi connectivity index (χ2n) is 9.75. The highest BCUT2D eigenvalue weighted by molar-refractivity contribution is 7.91. The Labute approximate surface area is 240 Å². The minimum atomic E-state index is -4.10. The Kier molecular flexibility index (Phi) is 15.2. The third-order valence-electron chi connectivity index (χ3n) is 6.10. The number of hydrogen-bond acceptors (Lipinski definition) is 6. The van der Waals surface area contributed by atoms with Crippen molar-refractivity contribution in [2.45, 2.75) is 86.1 Å². The highest BCUT2D eigenvalue weighted by atomic mass is 32.2. The lowest BCUT2D eigenvalue weighted by molar-refractivity contribution is -0.107. The third-order valence-corrected chi connectivity index (χ3v) is 6.88. The van der Waals surface area contributed by atoms with E-state index in [1.807, 2.05) is 43.0 Å². The first kappa shape index (κ1) is 34.8. The van der Waals surface area contributed by atoms with Gasteiger partial charge in [0.1, 0.15) is 12.0 Å². The van der Waals surface area contributed by atoms with Gasteiger partial charge in [-0.15, -0.1) is 4.53 Å². The van der Waals surface area contributed by atoms with Crippen molar-refractivity contribution in [3.63, 3.8) is 0 Å². The molecule has 0 N–H and O–H groups in total. The van der Waals surface area contributed by atoms with Crippen LogP contribution in [-0.2, 0) is 26.1 Å². The quantitative estimate of drug-likeness (QED) is 0.101. The van der Waals surface area contributed by atoms with E-state index in [1.165, 1.54) is 18.1 Å². The predicted molar refractivity (Wildman–Crippen MR) is 166 cm³/mol. The van der Waals surface area contributed by atoms with E-state index in [9.17, 15) is 17.7 Å². The summed E-state index contributed by atoms with van der Waals surface area (Å²) in [5, 5.41) is 4.17. The second kappa shape index (κ2) is 17.5. The van der Waals surface area contributed by atoms with E-state index < -0.39 is 10.0 Å². The van der Waals surface area contributed by atoms with Crippen LogP contribution in [0.3, 0.4) is 0 Å². The number of sulfonamides is 1. The molecule has 0 aliphatic carbocycles. The van der Waals surface area contributed by atoms with E-state index in [0.29, 0.717) is 23.4 Å². The molecular weight excluding hydrogens is 529 g/mol. The molecule has 1 unspecified atom stereocenters. The molecule has 0 saturated carbocycles. The molecule has 2 aromatic rings. The van der Waals surface area contributed by atoms with Gasteiger partial charge in [0.05, 0.1) is 17.7 Å². The van der Waals surface area contributed by atoms with Crippen LogP contribution in [0, 0.1) is 0 Å². The smallest absolute Gasteiger partial charge is 0.258 e. The topological polar surface area (TPSA) is 79.3 Å². The summed E-state index contributed by atoms with van der Waals surface area (Å²) in [6.07, 6.45) is 7.56. The Hall–Kier alpha value is -3.20. The van der Waals surface area contributed by atoms with Crippen LogP contribution in [0.4, 0.5) is 15.9 Å². The molecule has 40 heavy (non-hydrogen) atoms. The minimum Gasteiger partial charge on any atom is -0.367 e. The monoisotopic (exact) mass is 575 g/mol. The first-order valence-electron chi connectivity index (χ1n) is 13.9. The summed E-state index contributed by atoms with van der Waals surface area (Å²) in [6.45, 7) is 16.7. The van der Waals surface area contributed by atoms with Crippen LogP contribution in [0.25, 0.3) is 5.76 Å². The number of piperidine rings is 1. The zero-order valence-electron chi connectivity index (χ0n) is 25.1. The molecule has 1 heterocycles. The average molecular weight is 576 g/mol. The number of hydrogen-bond donors (Lipinski definition) is 0. The van der Waals surface area contributed by atoms with Gasteiger partial charge < -0.3 is 14.5 Å². The van der Waals surface area contributed by atoms with Gasteiger partial charge in [0.2, 0.25) is 0 Å². The molecule has 1 atom stereocenters. The number of benzene rings is 2. The maximum Gasteiger partial charge on any atom is 0.258 e. The standard InChI is InChI=1S/C25H32FN3O3S.C3H6O.C3H8/c1-6-21-11-9-12-22(16-21)19(3)27-32-20(4)23-13-14-24(28-15-8-7-10-18(28)2)25(17-23)29(26)33(5,30)31;1-2-3-4;1-3-2/h9,11-14,16-18H,4,6-8,10,15H2,1-3,5H3;3H,2H2,1H3;3H2,1-2H3/b27-19+;;. The SMILES string of the molecule is C=C(O/N=C(\C)c1cccc(CC)c1)c1ccc(N2CCCCC2C)c(N(F)S(C)(=O)=O)c1.CCC.CCC=O. The van der Waals surface area contributed by atoms with Gasteiger partial charge in [0.25, 0.3) is 10.0 Å². The van der Waals surface area contributed by atoms with Gasteiger partial charge in [-0.1, -0.05) is 68.5 Å². The lowest BCUT2D eigenvalue weighted by Gasteiger charge is -2.37. The highest BCUT2D eigenvalue weighted by Crippen LogP contribution is 2.37. The molecule has 0 aromatic heterocycles. The fraction of sp³-hybridized carbons (Fsp3) is 0.484. The summed E-state index contributed by atoms with van der Waals surface area (Å²) in [6, 6.07) is 13.1. The molecular formula is C31H46FN3O4S. The molecule has 2 aromatic carbocycles. The van der Waals surface area contributed by atoms with Crippen LogP contribution in [0.2, 0.25) is 0 Å². The summed E-state index contributed by atoms with van der Waals surface area (Å²) in [7, 11) is -4.10. The van der Waals surface area contributed by atoms with E-state index in [4.69, 9.17) is 4.84 Å². The van der Waals surface area contributed by atoms with Crippen molar-refractivity contribution in [3.8, 4) is 0 Å². The predicted octanol–water partition coefficient (Wildman–Crippen LogP) is 7.70. The first-order valence-corrected chi connectivity index (χ1v) is 15.8. The minimum absolute atomic E-state index is 0.0511. The molecule has 0 spiro atoms. The fourth-order valence-corrected chi connectivity index (χ4v) is 4.46. The summed E-state index contributed by atoms with van der Waals surface area (Å²) < 4.78 is 38.8. The molecule has 7 nitrogen and oxygen atoms in total. The number of rotatable bonds is 9. The number of aryl methyl sites for hydroxylation is 1. The van der Waals surface area contributed by atoms with Gasteiger partial charge >= 0.3 is 0 Å². The van der Waals surface area contributed by atoms with Crippen LogP contribution in [0.5, 0.6) is 0 Å². The van der Waals surface area contributed by atoms with Gasteiger partial charge in [0, 0.05) is 24.6 Å². The van der Waals surface area contributed by atoms with Crippen molar-refractivity contribution in [2.75, 3.05) is 22.2 Å². The molecule has 222 valence electrons. The van der Waals surface area contributed by atoms with Crippen molar-refractivity contribution in [3.05, 3.63) is 65.7 Å². The molecule has 3 rings (SSSR count). The van der Waals surface area contributed by atoms with E-state index in [2.05, 4.69) is 39.4 Å². The first-order chi connectivity index (χ1) is 18.9. The van der Waals surface area contributed by atoms with Gasteiger partial charge in [-0.25, -0.2) is 8.42 Å². The van der Waals surface area contributed by atoms with Crippen molar-refractivity contribution in [1.82, 2.24) is 0 Å². The van der Waals surface area contributed by atoms with Crippen molar-refractivity contribution < 1.29 is 22.5 Å². The van der Waals surface area contributed by atoms with Crippen LogP contribution in [0.15, 0.2) is 54.2 Å². The number of nitrogens with zero attached hydrogens (tertiary/aromatic N) is 3. The Balaban J connectivity index is 0.00000103. The Morgan fingerprint density at radius 3 is 2.35 bits per heavy atom. The van der Waals surface area contributed by atoms with Crippen LogP contribution >= 0.6 is 0 Å². The third kappa shape index (κ3) is 10.8. The molecule has 1 aliphatic heterocycles. The fourth-order valence-electron chi connectivity index (χ4n) is 3.96. The van der Waals surface area contributed by atoms with Crippen LogP contribution < -0.4 is 9.43 Å². The van der Waals surface area contributed by atoms with E-state index in [0.717, 1.165) is 50.3 Å². The molecule has 1 saturated heterocycles. The lowest BCUT2D eigenvalue weighted by Crippen LogP contribution is -2.38. The van der Waals surface area contributed by atoms with E-state index in [1.54, 1.807) is 12.1 Å². The zero-order valence-corrected chi connectivity index (χ0v) is 25.9. The normalized spacial score (nSPS) is 15.2. The van der Waals surface area contributed by atoms with Gasteiger partial charge in [-0.2, -0.15) is 0 Å². The summed E-state index contributed by atoms with van der Waals surface area (Å²) in [5.74, 6) is 0.197. The number of carbonyl (C=O) groups is 1. The summed E-state index contributed by atoms with van der Waals surface area (Å²) in [5.41, 5.74) is 3.73. The summed E-state index contributed by atoms with van der Waals surface area (Å²) >= 11 is 0. The number of aldehydes is 1. The maximum atomic E-state index is 15.0. The lowest BCUT2D eigenvalue weighted by atomic mass is 10.0. The Bertz CT molecular complexity index is 1230. The van der Waals surface area contributed by atoms with Crippen LogP contribution in [0.1, 0.15) is 90.3 Å². The molecule has 1 aliphatic rings. The second-order valence-corrected chi connectivity index (χ2v) is 11.5. The molecule has 0 amide bonds. The van der Waals surface area contributed by atoms with Gasteiger partial charge in [-0.3, -0.25) is 0 Å². The largest absolute Gasteiger partial charge is 0.367 e. The Morgan fingerprint density at radius 2 is 1.80 bits per heavy atom. The van der Waals surface area contributed by atoms with Crippen molar-refractivity contribution in [1.29, 1.82) is 0 Å². The number of carbonyl (C=O) groups excluding carboxylic acids is 1. The van der Waals surface area contributed by atoms with E-state index >= 15 is 0 Å². The van der Waals surface area contributed by atoms with Gasteiger partial charge in [0.15, 0.2) is 5.76 Å². The zero-order chi connectivity index (χ0) is 30.3. The highest BCUT2D eigenvalue weighted by Gasteiger charge is 2.27. The Morgan fingerprint density at radius 1 is 1.15 bits per heavy atom. The molecule has 0 radical (unpaired) electrons. The van der Waals surface area contributed by atoms with Gasteiger partial charge in [-0.05, 0) is 74.9 Å². The van der Waals surface area contributed by atoms with Crippen LogP contribution in [-0.4, -0.2) is 39.3 Å². The van der Waals surface area contributed by atoms with Crippen molar-refractivity contribution >= 4 is 39.2 Å². The van der Waals surface area contributed by atoms with Crippen molar-refractivity contribution in [2.24, 2.45) is 5.16 Å². The molecule has 0 bridgehead atoms.